The van der Waals surface area contributed by atoms with Gasteiger partial charge in [0.1, 0.15) is 5.82 Å². The number of piperazine rings is 1. The quantitative estimate of drug-likeness (QED) is 0.710. The molecular weight excluding hydrogens is 188 g/mol. The van der Waals surface area contributed by atoms with Crippen LogP contribution in [-0.4, -0.2) is 31.2 Å². The van der Waals surface area contributed by atoms with Crippen molar-refractivity contribution < 1.29 is 0 Å². The molecule has 4 nitrogen and oxygen atoms in total. The molecular formula is C11H18N4. The smallest absolute Gasteiger partial charge is 0.128 e. The maximum Gasteiger partial charge on any atom is 0.128 e. The lowest BCUT2D eigenvalue weighted by molar-refractivity contribution is 0.587. The maximum atomic E-state index is 5.84. The average molecular weight is 206 g/mol. The fourth-order valence-electron chi connectivity index (χ4n) is 2.12. The Bertz CT molecular complexity index is 356. The molecule has 0 aromatic carbocycles. The van der Waals surface area contributed by atoms with Gasteiger partial charge in [-0.1, -0.05) is 0 Å². The highest BCUT2D eigenvalue weighted by Gasteiger charge is 2.16. The van der Waals surface area contributed by atoms with Crippen LogP contribution in [-0.2, 0) is 0 Å². The van der Waals surface area contributed by atoms with Crippen molar-refractivity contribution in [2.24, 2.45) is 0 Å². The van der Waals surface area contributed by atoms with Gasteiger partial charge in [0.2, 0.25) is 0 Å². The molecule has 15 heavy (non-hydrogen) atoms. The molecule has 4 heteroatoms. The molecule has 0 bridgehead atoms. The molecule has 0 unspecified atom stereocenters. The molecule has 0 atom stereocenters. The zero-order valence-corrected chi connectivity index (χ0v) is 9.38. The van der Waals surface area contributed by atoms with Crippen molar-refractivity contribution in [1.29, 1.82) is 0 Å². The zero-order chi connectivity index (χ0) is 10.8. The minimum absolute atomic E-state index is 0.647. The summed E-state index contributed by atoms with van der Waals surface area (Å²) in [5, 5.41) is 3.35. The SMILES string of the molecule is Cc1cnc(N)c(C)c1N1CCNCC1. The van der Waals surface area contributed by atoms with E-state index in [1.165, 1.54) is 11.3 Å². The van der Waals surface area contributed by atoms with E-state index in [4.69, 9.17) is 5.73 Å². The molecule has 1 aromatic rings. The summed E-state index contributed by atoms with van der Waals surface area (Å²) >= 11 is 0. The number of hydrogen-bond donors (Lipinski definition) is 2. The molecule has 0 amide bonds. The molecule has 0 saturated carbocycles. The van der Waals surface area contributed by atoms with Crippen molar-refractivity contribution in [3.8, 4) is 0 Å². The van der Waals surface area contributed by atoms with Crippen LogP contribution < -0.4 is 16.0 Å². The highest BCUT2D eigenvalue weighted by molar-refractivity contribution is 5.65. The molecule has 1 aromatic heterocycles. The molecule has 0 radical (unpaired) electrons. The largest absolute Gasteiger partial charge is 0.383 e. The van der Waals surface area contributed by atoms with Crippen LogP contribution in [0, 0.1) is 13.8 Å². The van der Waals surface area contributed by atoms with Gasteiger partial charge >= 0.3 is 0 Å². The second kappa shape index (κ2) is 4.06. The van der Waals surface area contributed by atoms with E-state index in [-0.39, 0.29) is 0 Å². The summed E-state index contributed by atoms with van der Waals surface area (Å²) in [6.07, 6.45) is 1.86. The molecule has 2 heterocycles. The van der Waals surface area contributed by atoms with Gasteiger partial charge in [0.15, 0.2) is 0 Å². The first kappa shape index (κ1) is 10.2. The van der Waals surface area contributed by atoms with Crippen LogP contribution in [0.4, 0.5) is 11.5 Å². The summed E-state index contributed by atoms with van der Waals surface area (Å²) in [6.45, 7) is 8.32. The molecule has 82 valence electrons. The van der Waals surface area contributed by atoms with Gasteiger partial charge in [0, 0.05) is 43.6 Å². The lowest BCUT2D eigenvalue weighted by Gasteiger charge is -2.32. The molecule has 1 aliphatic rings. The highest BCUT2D eigenvalue weighted by Crippen LogP contribution is 2.27. The maximum absolute atomic E-state index is 5.84. The predicted molar refractivity (Wildman–Crippen MR) is 63.2 cm³/mol. The standard InChI is InChI=1S/C11H18N4/c1-8-7-14-11(12)9(2)10(8)15-5-3-13-4-6-15/h7,13H,3-6H2,1-2H3,(H2,12,14). The fourth-order valence-corrected chi connectivity index (χ4v) is 2.12. The Hall–Kier alpha value is -1.29. The molecule has 1 fully saturated rings. The normalized spacial score (nSPS) is 16.8. The molecule has 0 spiro atoms. The number of aromatic nitrogens is 1. The number of nitrogen functional groups attached to an aromatic ring is 1. The van der Waals surface area contributed by atoms with Gasteiger partial charge in [0.05, 0.1) is 0 Å². The van der Waals surface area contributed by atoms with Crippen LogP contribution in [0.1, 0.15) is 11.1 Å². The minimum atomic E-state index is 0.647. The lowest BCUT2D eigenvalue weighted by Crippen LogP contribution is -2.44. The van der Waals surface area contributed by atoms with E-state index in [0.717, 1.165) is 31.7 Å². The topological polar surface area (TPSA) is 54.2 Å². The third kappa shape index (κ3) is 1.90. The number of nitrogens with one attached hydrogen (secondary N) is 1. The van der Waals surface area contributed by atoms with Gasteiger partial charge in [0.25, 0.3) is 0 Å². The summed E-state index contributed by atoms with van der Waals surface area (Å²) < 4.78 is 0. The van der Waals surface area contributed by atoms with E-state index in [2.05, 4.69) is 22.1 Å². The van der Waals surface area contributed by atoms with Gasteiger partial charge < -0.3 is 16.0 Å². The Balaban J connectivity index is 2.36. The second-order valence-electron chi connectivity index (χ2n) is 4.04. The molecule has 0 aliphatic carbocycles. The summed E-state index contributed by atoms with van der Waals surface area (Å²) in [5.74, 6) is 0.647. The van der Waals surface area contributed by atoms with Crippen LogP contribution in [0.15, 0.2) is 6.20 Å². The molecule has 1 aliphatic heterocycles. The predicted octanol–water partition coefficient (Wildman–Crippen LogP) is 0.690. The summed E-state index contributed by atoms with van der Waals surface area (Å²) in [5.41, 5.74) is 9.43. The minimum Gasteiger partial charge on any atom is -0.383 e. The third-order valence-corrected chi connectivity index (χ3v) is 2.94. The summed E-state index contributed by atoms with van der Waals surface area (Å²) in [4.78, 5) is 6.56. The number of pyridine rings is 1. The Labute approximate surface area is 90.5 Å². The van der Waals surface area contributed by atoms with Crippen molar-refractivity contribution in [2.45, 2.75) is 13.8 Å². The van der Waals surface area contributed by atoms with Gasteiger partial charge in [-0.3, -0.25) is 0 Å². The van der Waals surface area contributed by atoms with Crippen LogP contribution in [0.25, 0.3) is 0 Å². The van der Waals surface area contributed by atoms with E-state index in [1.54, 1.807) is 0 Å². The molecule has 2 rings (SSSR count). The third-order valence-electron chi connectivity index (χ3n) is 2.94. The Kier molecular flexibility index (Phi) is 2.77. The Morgan fingerprint density at radius 2 is 2.00 bits per heavy atom. The van der Waals surface area contributed by atoms with Crippen molar-refractivity contribution in [3.63, 3.8) is 0 Å². The van der Waals surface area contributed by atoms with Gasteiger partial charge in [-0.25, -0.2) is 4.98 Å². The van der Waals surface area contributed by atoms with Crippen molar-refractivity contribution >= 4 is 11.5 Å². The van der Waals surface area contributed by atoms with E-state index < -0.39 is 0 Å². The van der Waals surface area contributed by atoms with Crippen LogP contribution in [0.3, 0.4) is 0 Å². The van der Waals surface area contributed by atoms with E-state index in [1.807, 2.05) is 13.1 Å². The highest BCUT2D eigenvalue weighted by atomic mass is 15.2. The number of hydrogen-bond acceptors (Lipinski definition) is 4. The van der Waals surface area contributed by atoms with Gasteiger partial charge in [-0.2, -0.15) is 0 Å². The number of nitrogens with zero attached hydrogens (tertiary/aromatic N) is 2. The van der Waals surface area contributed by atoms with Crippen molar-refractivity contribution in [1.82, 2.24) is 10.3 Å². The number of rotatable bonds is 1. The Morgan fingerprint density at radius 1 is 1.33 bits per heavy atom. The van der Waals surface area contributed by atoms with Crippen molar-refractivity contribution in [2.75, 3.05) is 36.8 Å². The van der Waals surface area contributed by atoms with E-state index >= 15 is 0 Å². The summed E-state index contributed by atoms with van der Waals surface area (Å²) in [7, 11) is 0. The number of aryl methyl sites for hydroxylation is 1. The second-order valence-corrected chi connectivity index (χ2v) is 4.04. The molecule has 1 saturated heterocycles. The average Bonchev–Trinajstić information content (AvgIpc) is 2.26. The van der Waals surface area contributed by atoms with Crippen LogP contribution in [0.2, 0.25) is 0 Å². The van der Waals surface area contributed by atoms with E-state index in [9.17, 15) is 0 Å². The first-order valence-corrected chi connectivity index (χ1v) is 5.37. The number of anilines is 2. The fraction of sp³-hybridized carbons (Fsp3) is 0.545. The summed E-state index contributed by atoms with van der Waals surface area (Å²) in [6, 6.07) is 0. The lowest BCUT2D eigenvalue weighted by atomic mass is 10.1. The van der Waals surface area contributed by atoms with Gasteiger partial charge in [-0.05, 0) is 19.4 Å². The van der Waals surface area contributed by atoms with Gasteiger partial charge in [-0.15, -0.1) is 0 Å². The monoisotopic (exact) mass is 206 g/mol. The van der Waals surface area contributed by atoms with Crippen LogP contribution >= 0.6 is 0 Å². The number of nitrogens with two attached hydrogens (primary N) is 1. The first-order valence-electron chi connectivity index (χ1n) is 5.37. The van der Waals surface area contributed by atoms with E-state index in [0.29, 0.717) is 5.82 Å². The molecule has 3 N–H and O–H groups in total. The van der Waals surface area contributed by atoms with Crippen molar-refractivity contribution in [3.05, 3.63) is 17.3 Å². The Morgan fingerprint density at radius 3 is 2.67 bits per heavy atom. The van der Waals surface area contributed by atoms with Crippen LogP contribution in [0.5, 0.6) is 0 Å². The zero-order valence-electron chi connectivity index (χ0n) is 9.38. The first-order chi connectivity index (χ1) is 7.20.